The molecule has 1 unspecified atom stereocenters. The van der Waals surface area contributed by atoms with Gasteiger partial charge in [0, 0.05) is 25.5 Å². The second kappa shape index (κ2) is 6.32. The van der Waals surface area contributed by atoms with Gasteiger partial charge in [0.15, 0.2) is 0 Å². The van der Waals surface area contributed by atoms with Crippen molar-refractivity contribution in [2.45, 2.75) is 31.3 Å². The zero-order valence-electron chi connectivity index (χ0n) is 10.0. The summed E-state index contributed by atoms with van der Waals surface area (Å²) in [6, 6.07) is -0.659. The highest BCUT2D eigenvalue weighted by Crippen LogP contribution is 2.06. The third-order valence-electron chi connectivity index (χ3n) is 2.70. The van der Waals surface area contributed by atoms with Crippen LogP contribution in [0.5, 0.6) is 0 Å². The molecule has 1 atom stereocenters. The van der Waals surface area contributed by atoms with E-state index in [1.54, 1.807) is 0 Å². The Hall–Kier alpha value is -0.660. The third kappa shape index (κ3) is 5.99. The first-order chi connectivity index (χ1) is 7.88. The predicted molar refractivity (Wildman–Crippen MR) is 64.3 cm³/mol. The molecule has 0 aromatic rings. The summed E-state index contributed by atoms with van der Waals surface area (Å²) < 4.78 is 27.1. The van der Waals surface area contributed by atoms with Crippen LogP contribution in [-0.4, -0.2) is 51.6 Å². The van der Waals surface area contributed by atoms with E-state index in [2.05, 4.69) is 5.32 Å². The van der Waals surface area contributed by atoms with E-state index >= 15 is 0 Å². The van der Waals surface area contributed by atoms with Gasteiger partial charge >= 0.3 is 0 Å². The quantitative estimate of drug-likeness (QED) is 0.666. The van der Waals surface area contributed by atoms with E-state index in [4.69, 9.17) is 10.5 Å². The van der Waals surface area contributed by atoms with Crippen molar-refractivity contribution in [3.8, 4) is 0 Å². The van der Waals surface area contributed by atoms with Gasteiger partial charge in [-0.15, -0.1) is 0 Å². The number of sulfone groups is 1. The summed E-state index contributed by atoms with van der Waals surface area (Å²) in [5.41, 5.74) is 5.63. The van der Waals surface area contributed by atoms with E-state index < -0.39 is 15.9 Å². The van der Waals surface area contributed by atoms with Crippen LogP contribution >= 0.6 is 0 Å². The smallest absolute Gasteiger partial charge is 0.237 e. The molecule has 0 saturated carbocycles. The number of ether oxygens (including phenoxy) is 1. The molecule has 17 heavy (non-hydrogen) atoms. The number of amides is 1. The van der Waals surface area contributed by atoms with E-state index in [1.165, 1.54) is 0 Å². The zero-order chi connectivity index (χ0) is 12.9. The molecular formula is C10H20N2O4S. The average Bonchev–Trinajstić information content (AvgIpc) is 2.26. The van der Waals surface area contributed by atoms with E-state index in [0.29, 0.717) is 13.2 Å². The van der Waals surface area contributed by atoms with Gasteiger partial charge in [0.2, 0.25) is 5.91 Å². The molecule has 0 spiro atoms. The highest BCUT2D eigenvalue weighted by Gasteiger charge is 2.20. The Labute approximate surface area is 102 Å². The van der Waals surface area contributed by atoms with E-state index in [1.807, 2.05) is 0 Å². The minimum Gasteiger partial charge on any atom is -0.381 e. The van der Waals surface area contributed by atoms with Crippen LogP contribution < -0.4 is 11.1 Å². The maximum atomic E-state index is 11.7. The fourth-order valence-corrected chi connectivity index (χ4v) is 2.30. The Morgan fingerprint density at radius 1 is 1.47 bits per heavy atom. The van der Waals surface area contributed by atoms with Crippen LogP contribution in [-0.2, 0) is 19.4 Å². The van der Waals surface area contributed by atoms with Crippen molar-refractivity contribution in [2.75, 3.05) is 25.2 Å². The topological polar surface area (TPSA) is 98.5 Å². The molecule has 0 bridgehead atoms. The number of hydrogen-bond donors (Lipinski definition) is 2. The first-order valence-corrected chi connectivity index (χ1v) is 7.76. The van der Waals surface area contributed by atoms with Gasteiger partial charge in [-0.05, 0) is 19.3 Å². The van der Waals surface area contributed by atoms with Crippen molar-refractivity contribution in [1.29, 1.82) is 0 Å². The molecule has 1 saturated heterocycles. The molecule has 1 amide bonds. The predicted octanol–water partition coefficient (Wildman–Crippen LogP) is -0.956. The van der Waals surface area contributed by atoms with E-state index in [0.717, 1.165) is 19.1 Å². The van der Waals surface area contributed by atoms with Gasteiger partial charge in [-0.25, -0.2) is 8.42 Å². The van der Waals surface area contributed by atoms with Crippen LogP contribution in [0, 0.1) is 0 Å². The number of nitrogens with one attached hydrogen (secondary N) is 1. The van der Waals surface area contributed by atoms with Crippen LogP contribution in [0.3, 0.4) is 0 Å². The summed E-state index contributed by atoms with van der Waals surface area (Å²) >= 11 is 0. The molecule has 1 rings (SSSR count). The van der Waals surface area contributed by atoms with Crippen LogP contribution in [0.25, 0.3) is 0 Å². The monoisotopic (exact) mass is 264 g/mol. The van der Waals surface area contributed by atoms with Crippen molar-refractivity contribution >= 4 is 15.7 Å². The largest absolute Gasteiger partial charge is 0.381 e. The Kier molecular flexibility index (Phi) is 5.35. The number of nitrogens with two attached hydrogens (primary N) is 1. The summed E-state index contributed by atoms with van der Waals surface area (Å²) in [5, 5.41) is 2.82. The minimum atomic E-state index is -3.07. The van der Waals surface area contributed by atoms with Gasteiger partial charge in [-0.1, -0.05) is 0 Å². The first-order valence-electron chi connectivity index (χ1n) is 5.70. The standard InChI is InChI=1S/C10H20N2O4S/c1-17(14,15)7-4-9(11)10(13)12-8-2-5-16-6-3-8/h8-9H,2-7,11H2,1H3,(H,12,13). The number of carbonyl (C=O) groups is 1. The van der Waals surface area contributed by atoms with Gasteiger partial charge in [-0.3, -0.25) is 4.79 Å². The first kappa shape index (κ1) is 14.4. The molecule has 0 radical (unpaired) electrons. The Morgan fingerprint density at radius 3 is 2.59 bits per heavy atom. The number of rotatable bonds is 5. The van der Waals surface area contributed by atoms with Gasteiger partial charge in [0.05, 0.1) is 11.8 Å². The van der Waals surface area contributed by atoms with Crippen molar-refractivity contribution in [3.63, 3.8) is 0 Å². The molecule has 0 aromatic carbocycles. The van der Waals surface area contributed by atoms with Gasteiger partial charge in [0.1, 0.15) is 9.84 Å². The van der Waals surface area contributed by atoms with Gasteiger partial charge < -0.3 is 15.8 Å². The van der Waals surface area contributed by atoms with E-state index in [-0.39, 0.29) is 24.1 Å². The molecule has 1 aliphatic rings. The lowest BCUT2D eigenvalue weighted by molar-refractivity contribution is -0.123. The van der Waals surface area contributed by atoms with Gasteiger partial charge in [-0.2, -0.15) is 0 Å². The Morgan fingerprint density at radius 2 is 2.06 bits per heavy atom. The molecular weight excluding hydrogens is 244 g/mol. The molecule has 1 fully saturated rings. The van der Waals surface area contributed by atoms with Crippen molar-refractivity contribution < 1.29 is 17.9 Å². The van der Waals surface area contributed by atoms with E-state index in [9.17, 15) is 13.2 Å². The van der Waals surface area contributed by atoms with Crippen molar-refractivity contribution in [3.05, 3.63) is 0 Å². The maximum absolute atomic E-state index is 11.7. The summed E-state index contributed by atoms with van der Waals surface area (Å²) in [4.78, 5) is 11.7. The van der Waals surface area contributed by atoms with Crippen LogP contribution in [0.15, 0.2) is 0 Å². The minimum absolute atomic E-state index is 0.0602. The fraction of sp³-hybridized carbons (Fsp3) is 0.900. The lowest BCUT2D eigenvalue weighted by Gasteiger charge is -2.24. The SMILES string of the molecule is CS(=O)(=O)CCC(N)C(=O)NC1CCOCC1. The molecule has 0 aliphatic carbocycles. The van der Waals surface area contributed by atoms with Crippen LogP contribution in [0.1, 0.15) is 19.3 Å². The molecule has 6 nitrogen and oxygen atoms in total. The summed E-state index contributed by atoms with van der Waals surface area (Å²) in [6.07, 6.45) is 2.86. The molecule has 1 heterocycles. The second-order valence-electron chi connectivity index (χ2n) is 4.42. The second-order valence-corrected chi connectivity index (χ2v) is 6.68. The molecule has 100 valence electrons. The van der Waals surface area contributed by atoms with Gasteiger partial charge in [0.25, 0.3) is 0 Å². The van der Waals surface area contributed by atoms with Crippen molar-refractivity contribution in [1.82, 2.24) is 5.32 Å². The van der Waals surface area contributed by atoms with Crippen LogP contribution in [0.4, 0.5) is 0 Å². The van der Waals surface area contributed by atoms with Crippen LogP contribution in [0.2, 0.25) is 0 Å². The number of carbonyl (C=O) groups excluding carboxylic acids is 1. The molecule has 3 N–H and O–H groups in total. The third-order valence-corrected chi connectivity index (χ3v) is 3.68. The number of hydrogen-bond acceptors (Lipinski definition) is 5. The lowest BCUT2D eigenvalue weighted by atomic mass is 10.1. The highest BCUT2D eigenvalue weighted by atomic mass is 32.2. The summed E-state index contributed by atoms with van der Waals surface area (Å²) in [5.74, 6) is -0.337. The molecule has 0 aromatic heterocycles. The summed E-state index contributed by atoms with van der Waals surface area (Å²) in [6.45, 7) is 1.28. The fourth-order valence-electron chi connectivity index (χ4n) is 1.62. The van der Waals surface area contributed by atoms with Crippen molar-refractivity contribution in [2.24, 2.45) is 5.73 Å². The Balaban J connectivity index is 2.30. The molecule has 7 heteroatoms. The average molecular weight is 264 g/mol. The summed E-state index contributed by atoms with van der Waals surface area (Å²) in [7, 11) is -3.07. The lowest BCUT2D eigenvalue weighted by Crippen LogP contribution is -2.47. The normalized spacial score (nSPS) is 19.9. The highest BCUT2D eigenvalue weighted by molar-refractivity contribution is 7.90. The maximum Gasteiger partial charge on any atom is 0.237 e. The zero-order valence-corrected chi connectivity index (χ0v) is 10.8. The molecule has 1 aliphatic heterocycles. The Bertz CT molecular complexity index is 349.